The molecular weight excluding hydrogens is 358 g/mol. The maximum Gasteiger partial charge on any atom is 0.326 e. The van der Waals surface area contributed by atoms with Crippen molar-refractivity contribution in [1.82, 2.24) is 10.6 Å². The quantitative estimate of drug-likeness (QED) is 0.609. The Bertz CT molecular complexity index is 847. The van der Waals surface area contributed by atoms with E-state index >= 15 is 0 Å². The summed E-state index contributed by atoms with van der Waals surface area (Å²) in [5, 5.41) is 23.2. The number of carboxylic acids is 1. The maximum atomic E-state index is 12.7. The highest BCUT2D eigenvalue weighted by Crippen LogP contribution is 2.07. The largest absolute Gasteiger partial charge is 0.480 e. The fraction of sp³-hybridized carbons (Fsp3) is 0.238. The number of carbonyl (C=O) groups excluding carboxylic acids is 2. The highest BCUT2D eigenvalue weighted by Gasteiger charge is 2.27. The van der Waals surface area contributed by atoms with Crippen LogP contribution >= 0.6 is 0 Å². The van der Waals surface area contributed by atoms with E-state index in [-0.39, 0.29) is 19.3 Å². The third kappa shape index (κ3) is 6.57. The monoisotopic (exact) mass is 379 g/mol. The number of rotatable bonds is 9. The minimum absolute atomic E-state index is 0.117. The highest BCUT2D eigenvalue weighted by molar-refractivity contribution is 5.91. The van der Waals surface area contributed by atoms with Gasteiger partial charge in [-0.05, 0) is 11.1 Å². The van der Waals surface area contributed by atoms with Crippen LogP contribution in [0.25, 0.3) is 0 Å². The molecule has 28 heavy (non-hydrogen) atoms. The Labute approximate surface area is 163 Å². The number of nitrogens with zero attached hydrogens (tertiary/aromatic N) is 1. The van der Waals surface area contributed by atoms with E-state index in [4.69, 9.17) is 5.26 Å². The second-order valence-electron chi connectivity index (χ2n) is 6.23. The number of amides is 2. The van der Waals surface area contributed by atoms with Crippen LogP contribution in [0.4, 0.5) is 0 Å². The average molecular weight is 379 g/mol. The lowest BCUT2D eigenvalue weighted by molar-refractivity contribution is -0.142. The first-order valence-corrected chi connectivity index (χ1v) is 8.77. The van der Waals surface area contributed by atoms with Gasteiger partial charge < -0.3 is 15.7 Å². The van der Waals surface area contributed by atoms with Crippen LogP contribution in [0.15, 0.2) is 60.7 Å². The van der Waals surface area contributed by atoms with Gasteiger partial charge in [0.1, 0.15) is 18.5 Å². The van der Waals surface area contributed by atoms with Gasteiger partial charge in [0.05, 0.1) is 6.07 Å². The van der Waals surface area contributed by atoms with E-state index in [9.17, 15) is 19.5 Å². The maximum absolute atomic E-state index is 12.7. The molecule has 2 aromatic carbocycles. The molecule has 0 aliphatic rings. The van der Waals surface area contributed by atoms with Crippen molar-refractivity contribution in [2.45, 2.75) is 31.3 Å². The Morgan fingerprint density at radius 1 is 0.857 bits per heavy atom. The molecule has 0 aromatic heterocycles. The van der Waals surface area contributed by atoms with Crippen LogP contribution in [0.1, 0.15) is 17.5 Å². The molecule has 2 atom stereocenters. The van der Waals surface area contributed by atoms with Crippen LogP contribution in [0.2, 0.25) is 0 Å². The first kappa shape index (κ1) is 20.6. The van der Waals surface area contributed by atoms with Gasteiger partial charge in [-0.1, -0.05) is 60.7 Å². The second kappa shape index (κ2) is 10.5. The third-order valence-corrected chi connectivity index (χ3v) is 4.07. The van der Waals surface area contributed by atoms with Gasteiger partial charge in [0.25, 0.3) is 0 Å². The van der Waals surface area contributed by atoms with Crippen molar-refractivity contribution in [3.63, 3.8) is 0 Å². The van der Waals surface area contributed by atoms with E-state index in [2.05, 4.69) is 10.6 Å². The van der Waals surface area contributed by atoms with E-state index in [1.165, 1.54) is 0 Å². The Hall–Kier alpha value is -3.66. The molecule has 2 rings (SSSR count). The van der Waals surface area contributed by atoms with Crippen molar-refractivity contribution in [3.8, 4) is 6.07 Å². The zero-order valence-electron chi connectivity index (χ0n) is 15.2. The van der Waals surface area contributed by atoms with Crippen LogP contribution in [0.3, 0.4) is 0 Å². The average Bonchev–Trinajstić information content (AvgIpc) is 2.68. The minimum atomic E-state index is -1.17. The summed E-state index contributed by atoms with van der Waals surface area (Å²) in [6.45, 7) is 0. The first-order valence-electron chi connectivity index (χ1n) is 8.77. The normalized spacial score (nSPS) is 12.2. The summed E-state index contributed by atoms with van der Waals surface area (Å²) in [6, 6.07) is 17.6. The fourth-order valence-electron chi connectivity index (χ4n) is 2.70. The molecule has 0 fully saturated rings. The van der Waals surface area contributed by atoms with Crippen LogP contribution in [-0.4, -0.2) is 35.0 Å². The van der Waals surface area contributed by atoms with Crippen LogP contribution < -0.4 is 10.6 Å². The summed E-state index contributed by atoms with van der Waals surface area (Å²) in [5.74, 6) is -2.37. The summed E-state index contributed by atoms with van der Waals surface area (Å²) in [5.41, 5.74) is 1.57. The Kier molecular flexibility index (Phi) is 7.73. The summed E-state index contributed by atoms with van der Waals surface area (Å²) >= 11 is 0. The molecule has 0 unspecified atom stereocenters. The van der Waals surface area contributed by atoms with Crippen molar-refractivity contribution >= 4 is 17.8 Å². The number of nitriles is 1. The zero-order chi connectivity index (χ0) is 20.4. The van der Waals surface area contributed by atoms with Crippen molar-refractivity contribution in [1.29, 1.82) is 5.26 Å². The van der Waals surface area contributed by atoms with E-state index in [1.54, 1.807) is 54.6 Å². The lowest BCUT2D eigenvalue weighted by atomic mass is 10.0. The van der Waals surface area contributed by atoms with Gasteiger partial charge in [0.2, 0.25) is 11.8 Å². The number of carboxylic acid groups (broad SMARTS) is 1. The van der Waals surface area contributed by atoms with Crippen molar-refractivity contribution in [2.75, 3.05) is 0 Å². The summed E-state index contributed by atoms with van der Waals surface area (Å²) in [4.78, 5) is 36.1. The topological polar surface area (TPSA) is 119 Å². The Morgan fingerprint density at radius 3 is 1.82 bits per heavy atom. The fourth-order valence-corrected chi connectivity index (χ4v) is 2.70. The van der Waals surface area contributed by atoms with Gasteiger partial charge in [-0.15, -0.1) is 0 Å². The molecule has 7 heteroatoms. The van der Waals surface area contributed by atoms with Gasteiger partial charge in [-0.3, -0.25) is 9.59 Å². The molecule has 0 aliphatic heterocycles. The van der Waals surface area contributed by atoms with E-state index < -0.39 is 29.9 Å². The molecule has 0 saturated carbocycles. The van der Waals surface area contributed by atoms with Crippen molar-refractivity contribution in [2.24, 2.45) is 0 Å². The smallest absolute Gasteiger partial charge is 0.326 e. The summed E-state index contributed by atoms with van der Waals surface area (Å²) in [7, 11) is 0. The molecule has 0 heterocycles. The molecule has 7 nitrogen and oxygen atoms in total. The van der Waals surface area contributed by atoms with Gasteiger partial charge in [0.15, 0.2) is 0 Å². The number of hydrogen-bond donors (Lipinski definition) is 3. The molecule has 0 bridgehead atoms. The van der Waals surface area contributed by atoms with Crippen molar-refractivity contribution in [3.05, 3.63) is 71.8 Å². The predicted molar refractivity (Wildman–Crippen MR) is 102 cm³/mol. The number of carbonyl (C=O) groups is 3. The number of aliphatic carboxylic acids is 1. The SMILES string of the molecule is N#CCC(=O)N[C@H](Cc1ccccc1)C(=O)N[C@@H](Cc1ccccc1)C(=O)O. The third-order valence-electron chi connectivity index (χ3n) is 4.07. The molecular formula is C21H21N3O4. The standard InChI is InChI=1S/C21H21N3O4/c22-12-11-19(25)23-17(13-15-7-3-1-4-8-15)20(26)24-18(21(27)28)14-16-9-5-2-6-10-16/h1-10,17-18H,11,13-14H2,(H,23,25)(H,24,26)(H,27,28)/t17-,18+/m1/s1. The Balaban J connectivity index is 2.13. The number of nitrogens with one attached hydrogen (secondary N) is 2. The molecule has 0 spiro atoms. The predicted octanol–water partition coefficient (Wildman–Crippen LogP) is 1.44. The van der Waals surface area contributed by atoms with Crippen LogP contribution in [0, 0.1) is 11.3 Å². The molecule has 3 N–H and O–H groups in total. The summed E-state index contributed by atoms with van der Waals surface area (Å²) in [6.07, 6.45) is -0.0847. The number of benzene rings is 2. The summed E-state index contributed by atoms with van der Waals surface area (Å²) < 4.78 is 0. The van der Waals surface area contributed by atoms with Gasteiger partial charge in [0, 0.05) is 12.8 Å². The number of hydrogen-bond acceptors (Lipinski definition) is 4. The molecule has 2 aromatic rings. The Morgan fingerprint density at radius 2 is 1.36 bits per heavy atom. The lowest BCUT2D eigenvalue weighted by Gasteiger charge is -2.21. The second-order valence-corrected chi connectivity index (χ2v) is 6.23. The zero-order valence-corrected chi connectivity index (χ0v) is 15.2. The molecule has 144 valence electrons. The van der Waals surface area contributed by atoms with Gasteiger partial charge in [-0.2, -0.15) is 5.26 Å². The van der Waals surface area contributed by atoms with Crippen molar-refractivity contribution < 1.29 is 19.5 Å². The van der Waals surface area contributed by atoms with Crippen LogP contribution in [0.5, 0.6) is 0 Å². The molecule has 0 saturated heterocycles. The van der Waals surface area contributed by atoms with E-state index in [0.717, 1.165) is 11.1 Å². The molecule has 0 radical (unpaired) electrons. The van der Waals surface area contributed by atoms with E-state index in [1.807, 2.05) is 12.1 Å². The van der Waals surface area contributed by atoms with Crippen LogP contribution in [-0.2, 0) is 27.2 Å². The first-order chi connectivity index (χ1) is 13.5. The van der Waals surface area contributed by atoms with Gasteiger partial charge >= 0.3 is 5.97 Å². The minimum Gasteiger partial charge on any atom is -0.480 e. The highest BCUT2D eigenvalue weighted by atomic mass is 16.4. The van der Waals surface area contributed by atoms with E-state index in [0.29, 0.717) is 0 Å². The van der Waals surface area contributed by atoms with Gasteiger partial charge in [-0.25, -0.2) is 4.79 Å². The molecule has 0 aliphatic carbocycles. The lowest BCUT2D eigenvalue weighted by Crippen LogP contribution is -2.53. The molecule has 2 amide bonds.